The van der Waals surface area contributed by atoms with E-state index in [9.17, 15) is 8.42 Å². The first kappa shape index (κ1) is 19.9. The molecular formula is C15H33NO3S. The highest BCUT2D eigenvalue weighted by atomic mass is 32.2. The fourth-order valence-electron chi connectivity index (χ4n) is 2.04. The van der Waals surface area contributed by atoms with Crippen LogP contribution in [0.15, 0.2) is 0 Å². The first-order valence-electron chi connectivity index (χ1n) is 7.75. The molecule has 0 aliphatic heterocycles. The Hall–Kier alpha value is -0.130. The van der Waals surface area contributed by atoms with Crippen LogP contribution in [0.2, 0.25) is 0 Å². The number of sulfonamides is 1. The van der Waals surface area contributed by atoms with Crippen molar-refractivity contribution in [1.29, 1.82) is 0 Å². The van der Waals surface area contributed by atoms with Crippen molar-refractivity contribution in [3.05, 3.63) is 0 Å². The first-order valence-corrected chi connectivity index (χ1v) is 9.46. The zero-order valence-electron chi connectivity index (χ0n) is 13.7. The van der Waals surface area contributed by atoms with E-state index in [1.807, 2.05) is 20.8 Å². The van der Waals surface area contributed by atoms with Crippen LogP contribution in [0.1, 0.15) is 66.2 Å². The fourth-order valence-corrected chi connectivity index (χ4v) is 3.20. The molecule has 0 saturated heterocycles. The van der Waals surface area contributed by atoms with E-state index in [1.165, 1.54) is 32.1 Å². The zero-order chi connectivity index (χ0) is 15.6. The summed E-state index contributed by atoms with van der Waals surface area (Å²) >= 11 is 0. The predicted octanol–water partition coefficient (Wildman–Crippen LogP) is 3.31. The van der Waals surface area contributed by atoms with Gasteiger partial charge in [0.2, 0.25) is 10.0 Å². The number of unbranched alkanes of at least 4 members (excludes halogenated alkanes) is 5. The van der Waals surface area contributed by atoms with Crippen molar-refractivity contribution in [2.45, 2.75) is 66.2 Å². The summed E-state index contributed by atoms with van der Waals surface area (Å²) in [5.74, 6) is -0.0647. The van der Waals surface area contributed by atoms with Crippen molar-refractivity contribution in [1.82, 2.24) is 0 Å². The van der Waals surface area contributed by atoms with Crippen LogP contribution in [0.5, 0.6) is 0 Å². The zero-order valence-corrected chi connectivity index (χ0v) is 14.5. The lowest BCUT2D eigenvalue weighted by atomic mass is 9.82. The Balaban J connectivity index is 3.87. The molecule has 0 fully saturated rings. The topological polar surface area (TPSA) is 69.4 Å². The third-order valence-corrected chi connectivity index (χ3v) is 4.49. The molecule has 1 atom stereocenters. The van der Waals surface area contributed by atoms with Gasteiger partial charge in [0, 0.05) is 12.5 Å². The van der Waals surface area contributed by atoms with Crippen molar-refractivity contribution >= 4 is 10.0 Å². The van der Waals surface area contributed by atoms with Crippen molar-refractivity contribution in [3.8, 4) is 0 Å². The third kappa shape index (κ3) is 11.7. The SMILES string of the molecule is CCCCCCCCOCC(CS(N)(=O)=O)C(C)(C)C. The van der Waals surface area contributed by atoms with Crippen LogP contribution in [0, 0.1) is 11.3 Å². The summed E-state index contributed by atoms with van der Waals surface area (Å²) in [5.41, 5.74) is -0.117. The number of primary sulfonamides is 1. The largest absolute Gasteiger partial charge is 0.381 e. The van der Waals surface area contributed by atoms with Gasteiger partial charge in [-0.3, -0.25) is 0 Å². The predicted molar refractivity (Wildman–Crippen MR) is 85.1 cm³/mol. The Bertz CT molecular complexity index is 334. The molecule has 5 heteroatoms. The molecule has 0 radical (unpaired) electrons. The molecule has 0 aliphatic rings. The maximum atomic E-state index is 11.2. The molecule has 2 N–H and O–H groups in total. The minimum absolute atomic E-state index is 0.00694. The van der Waals surface area contributed by atoms with E-state index in [0.29, 0.717) is 13.2 Å². The molecular weight excluding hydrogens is 274 g/mol. The van der Waals surface area contributed by atoms with Crippen LogP contribution in [0.4, 0.5) is 0 Å². The summed E-state index contributed by atoms with van der Waals surface area (Å²) in [5, 5.41) is 5.15. The number of rotatable bonds is 11. The standard InChI is InChI=1S/C15H33NO3S/c1-5-6-7-8-9-10-11-19-12-14(15(2,3)4)13-20(16,17)18/h14H,5-13H2,1-4H3,(H2,16,17,18). The Labute approximate surface area is 125 Å². The average Bonchev–Trinajstić information content (AvgIpc) is 2.28. The minimum atomic E-state index is -3.44. The fraction of sp³-hybridized carbons (Fsp3) is 1.00. The Morgan fingerprint density at radius 3 is 2.10 bits per heavy atom. The molecule has 0 amide bonds. The van der Waals surface area contributed by atoms with Crippen LogP contribution in [-0.2, 0) is 14.8 Å². The van der Waals surface area contributed by atoms with E-state index in [4.69, 9.17) is 9.88 Å². The molecule has 122 valence electrons. The molecule has 0 spiro atoms. The summed E-state index contributed by atoms with van der Waals surface area (Å²) in [6.45, 7) is 9.46. The molecule has 0 aliphatic carbocycles. The molecule has 20 heavy (non-hydrogen) atoms. The number of nitrogens with two attached hydrogens (primary N) is 1. The highest BCUT2D eigenvalue weighted by molar-refractivity contribution is 7.89. The molecule has 0 aromatic carbocycles. The van der Waals surface area contributed by atoms with Gasteiger partial charge in [-0.05, 0) is 11.8 Å². The van der Waals surface area contributed by atoms with Crippen LogP contribution in [0.3, 0.4) is 0 Å². The normalized spacial score (nSPS) is 14.4. The highest BCUT2D eigenvalue weighted by Crippen LogP contribution is 2.27. The Morgan fingerprint density at radius 2 is 1.60 bits per heavy atom. The van der Waals surface area contributed by atoms with E-state index in [0.717, 1.165) is 6.42 Å². The third-order valence-electron chi connectivity index (χ3n) is 3.62. The Kier molecular flexibility index (Phi) is 9.68. The van der Waals surface area contributed by atoms with Gasteiger partial charge in [-0.25, -0.2) is 13.6 Å². The van der Waals surface area contributed by atoms with Gasteiger partial charge in [-0.2, -0.15) is 0 Å². The van der Waals surface area contributed by atoms with E-state index >= 15 is 0 Å². The van der Waals surface area contributed by atoms with E-state index in [1.54, 1.807) is 0 Å². The molecule has 0 bridgehead atoms. The number of hydrogen-bond donors (Lipinski definition) is 1. The average molecular weight is 308 g/mol. The number of hydrogen-bond acceptors (Lipinski definition) is 3. The lowest BCUT2D eigenvalue weighted by molar-refractivity contribution is 0.0630. The van der Waals surface area contributed by atoms with Gasteiger partial charge >= 0.3 is 0 Å². The van der Waals surface area contributed by atoms with Gasteiger partial charge < -0.3 is 4.74 Å². The van der Waals surface area contributed by atoms with Gasteiger partial charge in [-0.15, -0.1) is 0 Å². The number of ether oxygens (including phenoxy) is 1. The molecule has 0 heterocycles. The Morgan fingerprint density at radius 1 is 1.05 bits per heavy atom. The van der Waals surface area contributed by atoms with Gasteiger partial charge in [0.05, 0.1) is 12.4 Å². The summed E-state index contributed by atoms with van der Waals surface area (Å²) < 4.78 is 28.1. The van der Waals surface area contributed by atoms with Crippen LogP contribution < -0.4 is 5.14 Å². The van der Waals surface area contributed by atoms with Crippen molar-refractivity contribution in [2.24, 2.45) is 16.5 Å². The highest BCUT2D eigenvalue weighted by Gasteiger charge is 2.28. The van der Waals surface area contributed by atoms with Crippen molar-refractivity contribution in [2.75, 3.05) is 19.0 Å². The van der Waals surface area contributed by atoms with Crippen molar-refractivity contribution in [3.63, 3.8) is 0 Å². The minimum Gasteiger partial charge on any atom is -0.381 e. The summed E-state index contributed by atoms with van der Waals surface area (Å²) in [4.78, 5) is 0. The second kappa shape index (κ2) is 9.74. The van der Waals surface area contributed by atoms with Crippen molar-refractivity contribution < 1.29 is 13.2 Å². The monoisotopic (exact) mass is 307 g/mol. The van der Waals surface area contributed by atoms with Gasteiger partial charge in [0.25, 0.3) is 0 Å². The maximum absolute atomic E-state index is 11.2. The second-order valence-electron chi connectivity index (χ2n) is 6.74. The van der Waals surface area contributed by atoms with Gasteiger partial charge in [0.15, 0.2) is 0 Å². The van der Waals surface area contributed by atoms with Crippen LogP contribution in [0.25, 0.3) is 0 Å². The smallest absolute Gasteiger partial charge is 0.209 e. The van der Waals surface area contributed by atoms with E-state index in [-0.39, 0.29) is 17.1 Å². The molecule has 0 saturated carbocycles. The first-order chi connectivity index (χ1) is 9.17. The van der Waals surface area contributed by atoms with Gasteiger partial charge in [0.1, 0.15) is 0 Å². The molecule has 0 aromatic rings. The summed E-state index contributed by atoms with van der Waals surface area (Å²) in [7, 11) is -3.44. The lowest BCUT2D eigenvalue weighted by Crippen LogP contribution is -2.34. The van der Waals surface area contributed by atoms with E-state index in [2.05, 4.69) is 6.92 Å². The molecule has 1 unspecified atom stereocenters. The van der Waals surface area contributed by atoms with Crippen LogP contribution >= 0.6 is 0 Å². The summed E-state index contributed by atoms with van der Waals surface area (Å²) in [6, 6.07) is 0. The van der Waals surface area contributed by atoms with Crippen LogP contribution in [-0.4, -0.2) is 27.4 Å². The molecule has 0 aromatic heterocycles. The quantitative estimate of drug-likeness (QED) is 0.595. The molecule has 0 rings (SSSR count). The lowest BCUT2D eigenvalue weighted by Gasteiger charge is -2.29. The second-order valence-corrected chi connectivity index (χ2v) is 8.39. The summed E-state index contributed by atoms with van der Waals surface area (Å²) in [6.07, 6.45) is 7.37. The maximum Gasteiger partial charge on any atom is 0.209 e. The van der Waals surface area contributed by atoms with Gasteiger partial charge in [-0.1, -0.05) is 59.8 Å². The van der Waals surface area contributed by atoms with E-state index < -0.39 is 10.0 Å². The molecule has 4 nitrogen and oxygen atoms in total.